The van der Waals surface area contributed by atoms with E-state index in [1.807, 2.05) is 37.2 Å². The molecule has 0 bridgehead atoms. The Morgan fingerprint density at radius 3 is 2.56 bits per heavy atom. The maximum Gasteiger partial charge on any atom is 0.306 e. The van der Waals surface area contributed by atoms with Gasteiger partial charge in [-0.3, -0.25) is 9.59 Å². The fourth-order valence-corrected chi connectivity index (χ4v) is 1.55. The highest BCUT2D eigenvalue weighted by Gasteiger charge is 2.10. The summed E-state index contributed by atoms with van der Waals surface area (Å²) in [6.07, 6.45) is 0.328. The number of rotatable bonds is 6. The zero-order valence-electron chi connectivity index (χ0n) is 11.1. The zero-order chi connectivity index (χ0) is 13.5. The van der Waals surface area contributed by atoms with Crippen LogP contribution in [0.1, 0.15) is 30.1 Å². The molecule has 0 fully saturated rings. The third-order valence-corrected chi connectivity index (χ3v) is 2.55. The van der Waals surface area contributed by atoms with E-state index in [0.717, 1.165) is 5.69 Å². The number of anilines is 1. The van der Waals surface area contributed by atoms with E-state index in [2.05, 4.69) is 0 Å². The first-order valence-electron chi connectivity index (χ1n) is 6.00. The lowest BCUT2D eigenvalue weighted by Crippen LogP contribution is -2.11. The van der Waals surface area contributed by atoms with E-state index in [1.165, 1.54) is 0 Å². The zero-order valence-corrected chi connectivity index (χ0v) is 11.1. The lowest BCUT2D eigenvalue weighted by Gasteiger charge is -2.13. The summed E-state index contributed by atoms with van der Waals surface area (Å²) in [4.78, 5) is 25.0. The summed E-state index contributed by atoms with van der Waals surface area (Å²) in [7, 11) is 3.84. The molecule has 0 atom stereocenters. The minimum atomic E-state index is -0.324. The summed E-state index contributed by atoms with van der Waals surface area (Å²) in [6, 6.07) is 7.36. The Bertz CT molecular complexity index is 427. The number of ether oxygens (including phenoxy) is 1. The minimum Gasteiger partial charge on any atom is -0.466 e. The Balaban J connectivity index is 2.61. The molecule has 0 amide bonds. The second-order valence-electron chi connectivity index (χ2n) is 4.17. The largest absolute Gasteiger partial charge is 0.466 e. The van der Waals surface area contributed by atoms with Crippen molar-refractivity contribution in [1.82, 2.24) is 0 Å². The number of ketones is 1. The second-order valence-corrected chi connectivity index (χ2v) is 4.17. The Hall–Kier alpha value is -1.84. The fraction of sp³-hybridized carbons (Fsp3) is 0.429. The van der Waals surface area contributed by atoms with Gasteiger partial charge in [-0.05, 0) is 19.1 Å². The van der Waals surface area contributed by atoms with Gasteiger partial charge < -0.3 is 9.64 Å². The van der Waals surface area contributed by atoms with Gasteiger partial charge in [0, 0.05) is 31.8 Å². The number of esters is 1. The molecule has 4 nitrogen and oxygen atoms in total. The van der Waals surface area contributed by atoms with Gasteiger partial charge in [0.15, 0.2) is 5.78 Å². The molecule has 0 unspecified atom stereocenters. The molecular weight excluding hydrogens is 230 g/mol. The van der Waals surface area contributed by atoms with Crippen LogP contribution in [0.15, 0.2) is 24.3 Å². The number of hydrogen-bond acceptors (Lipinski definition) is 4. The van der Waals surface area contributed by atoms with Crippen molar-refractivity contribution in [3.63, 3.8) is 0 Å². The molecule has 98 valence electrons. The number of nitrogens with zero attached hydrogens (tertiary/aromatic N) is 1. The van der Waals surface area contributed by atoms with Gasteiger partial charge in [0.2, 0.25) is 0 Å². The lowest BCUT2D eigenvalue weighted by molar-refractivity contribution is -0.143. The van der Waals surface area contributed by atoms with Gasteiger partial charge in [0.1, 0.15) is 0 Å². The van der Waals surface area contributed by atoms with Crippen LogP contribution in [-0.2, 0) is 9.53 Å². The summed E-state index contributed by atoms with van der Waals surface area (Å²) >= 11 is 0. The Morgan fingerprint density at radius 1 is 1.22 bits per heavy atom. The minimum absolute atomic E-state index is 0.0354. The van der Waals surface area contributed by atoms with Crippen molar-refractivity contribution >= 4 is 17.4 Å². The third-order valence-electron chi connectivity index (χ3n) is 2.55. The predicted octanol–water partition coefficient (Wildman–Crippen LogP) is 2.28. The molecule has 1 aromatic rings. The first-order valence-corrected chi connectivity index (χ1v) is 6.00. The van der Waals surface area contributed by atoms with Crippen molar-refractivity contribution in [2.45, 2.75) is 19.8 Å². The first kappa shape index (κ1) is 14.2. The molecule has 1 rings (SSSR count). The van der Waals surface area contributed by atoms with Crippen LogP contribution in [0.5, 0.6) is 0 Å². The van der Waals surface area contributed by atoms with Gasteiger partial charge in [-0.2, -0.15) is 0 Å². The number of benzene rings is 1. The highest BCUT2D eigenvalue weighted by Crippen LogP contribution is 2.15. The van der Waals surface area contributed by atoms with Gasteiger partial charge >= 0.3 is 5.97 Å². The van der Waals surface area contributed by atoms with Crippen LogP contribution in [0.4, 0.5) is 5.69 Å². The van der Waals surface area contributed by atoms with Crippen LogP contribution in [0.25, 0.3) is 0 Å². The Morgan fingerprint density at radius 2 is 1.94 bits per heavy atom. The van der Waals surface area contributed by atoms with Crippen LogP contribution in [0.3, 0.4) is 0 Å². The second kappa shape index (κ2) is 6.79. The quantitative estimate of drug-likeness (QED) is 0.573. The van der Waals surface area contributed by atoms with E-state index < -0.39 is 0 Å². The molecule has 0 saturated heterocycles. The molecule has 18 heavy (non-hydrogen) atoms. The van der Waals surface area contributed by atoms with Crippen molar-refractivity contribution < 1.29 is 14.3 Å². The molecule has 4 heteroatoms. The summed E-state index contributed by atoms with van der Waals surface area (Å²) in [5.74, 6) is -0.360. The summed E-state index contributed by atoms with van der Waals surface area (Å²) in [6.45, 7) is 2.10. The van der Waals surface area contributed by atoms with Gasteiger partial charge in [-0.25, -0.2) is 0 Å². The predicted molar refractivity (Wildman–Crippen MR) is 71.0 cm³/mol. The average Bonchev–Trinajstić information content (AvgIpc) is 2.36. The number of carbonyl (C=O) groups excluding carboxylic acids is 2. The monoisotopic (exact) mass is 249 g/mol. The van der Waals surface area contributed by atoms with Crippen LogP contribution in [0.2, 0.25) is 0 Å². The summed E-state index contributed by atoms with van der Waals surface area (Å²) in [5.41, 5.74) is 1.60. The average molecular weight is 249 g/mol. The highest BCUT2D eigenvalue weighted by molar-refractivity contribution is 5.98. The maximum absolute atomic E-state index is 11.9. The number of carbonyl (C=O) groups is 2. The third kappa shape index (κ3) is 4.20. The lowest BCUT2D eigenvalue weighted by atomic mass is 10.1. The normalized spacial score (nSPS) is 9.94. The van der Waals surface area contributed by atoms with Crippen LogP contribution in [0, 0.1) is 0 Å². The molecule has 1 aromatic carbocycles. The van der Waals surface area contributed by atoms with Crippen molar-refractivity contribution in [2.75, 3.05) is 25.6 Å². The molecule has 0 aliphatic heterocycles. The van der Waals surface area contributed by atoms with Gasteiger partial charge in [-0.15, -0.1) is 0 Å². The molecule has 0 aliphatic rings. The smallest absolute Gasteiger partial charge is 0.306 e. The molecule has 0 N–H and O–H groups in total. The van der Waals surface area contributed by atoms with Gasteiger partial charge in [0.05, 0.1) is 13.0 Å². The Labute approximate surface area is 108 Å². The van der Waals surface area contributed by atoms with Crippen LogP contribution >= 0.6 is 0 Å². The van der Waals surface area contributed by atoms with Gasteiger partial charge in [-0.1, -0.05) is 12.1 Å². The van der Waals surface area contributed by atoms with E-state index in [1.54, 1.807) is 13.0 Å². The molecule has 0 aromatic heterocycles. The van der Waals surface area contributed by atoms with Gasteiger partial charge in [0.25, 0.3) is 0 Å². The number of hydrogen-bond donors (Lipinski definition) is 0. The SMILES string of the molecule is CCOC(=O)CCC(=O)c1cccc(N(C)C)c1. The summed E-state index contributed by atoms with van der Waals surface area (Å²) in [5, 5.41) is 0. The van der Waals surface area contributed by atoms with E-state index in [0.29, 0.717) is 12.2 Å². The van der Waals surface area contributed by atoms with Crippen molar-refractivity contribution in [1.29, 1.82) is 0 Å². The highest BCUT2D eigenvalue weighted by atomic mass is 16.5. The Kier molecular flexibility index (Phi) is 5.36. The van der Waals surface area contributed by atoms with Crippen molar-refractivity contribution in [3.05, 3.63) is 29.8 Å². The van der Waals surface area contributed by atoms with E-state index in [4.69, 9.17) is 4.74 Å². The van der Waals surface area contributed by atoms with Crippen LogP contribution in [-0.4, -0.2) is 32.5 Å². The molecule has 0 heterocycles. The molecule has 0 saturated carbocycles. The fourth-order valence-electron chi connectivity index (χ4n) is 1.55. The molecule has 0 radical (unpaired) electrons. The first-order chi connectivity index (χ1) is 8.54. The van der Waals surface area contributed by atoms with Crippen molar-refractivity contribution in [3.8, 4) is 0 Å². The van der Waals surface area contributed by atoms with E-state index >= 15 is 0 Å². The molecule has 0 spiro atoms. The van der Waals surface area contributed by atoms with Crippen molar-refractivity contribution in [2.24, 2.45) is 0 Å². The standard InChI is InChI=1S/C14H19NO3/c1-4-18-14(17)9-8-13(16)11-6-5-7-12(10-11)15(2)3/h5-7,10H,4,8-9H2,1-3H3. The number of Topliss-reactive ketones (excluding diaryl/α,β-unsaturated/α-hetero) is 1. The van der Waals surface area contributed by atoms with E-state index in [9.17, 15) is 9.59 Å². The molecular formula is C14H19NO3. The molecule has 0 aliphatic carbocycles. The maximum atomic E-state index is 11.9. The topological polar surface area (TPSA) is 46.6 Å². The van der Waals surface area contributed by atoms with E-state index in [-0.39, 0.29) is 24.6 Å². The van der Waals surface area contributed by atoms with Crippen LogP contribution < -0.4 is 4.90 Å². The summed E-state index contributed by atoms with van der Waals surface area (Å²) < 4.78 is 4.79.